The van der Waals surface area contributed by atoms with Gasteiger partial charge in [-0.1, -0.05) is 23.7 Å². The molecule has 3 N–H and O–H groups in total. The fourth-order valence-electron chi connectivity index (χ4n) is 3.09. The van der Waals surface area contributed by atoms with Gasteiger partial charge in [-0.15, -0.1) is 0 Å². The highest BCUT2D eigenvalue weighted by atomic mass is 35.5. The molecule has 1 heterocycles. The highest BCUT2D eigenvalue weighted by molar-refractivity contribution is 6.30. The summed E-state index contributed by atoms with van der Waals surface area (Å²) in [5.74, 6) is 0.0746. The van der Waals surface area contributed by atoms with Gasteiger partial charge in [0.15, 0.2) is 0 Å². The zero-order valence-electron chi connectivity index (χ0n) is 16.0. The van der Waals surface area contributed by atoms with Crippen molar-refractivity contribution in [3.63, 3.8) is 0 Å². The van der Waals surface area contributed by atoms with Crippen molar-refractivity contribution in [3.8, 4) is 0 Å². The molecule has 0 atom stereocenters. The minimum atomic E-state index is -0.708. The maximum atomic E-state index is 12.5. The molecule has 0 spiro atoms. The van der Waals surface area contributed by atoms with Gasteiger partial charge in [-0.2, -0.15) is 0 Å². The number of benzene rings is 2. The van der Waals surface area contributed by atoms with Gasteiger partial charge in [-0.3, -0.25) is 4.79 Å². The Morgan fingerprint density at radius 2 is 1.89 bits per heavy atom. The lowest BCUT2D eigenvalue weighted by Crippen LogP contribution is -2.48. The molecule has 6 nitrogen and oxygen atoms in total. The maximum absolute atomic E-state index is 12.5. The molecule has 2 aromatic carbocycles. The Morgan fingerprint density at radius 1 is 1.18 bits per heavy atom. The second kappa shape index (κ2) is 8.20. The van der Waals surface area contributed by atoms with Crippen LogP contribution in [0.3, 0.4) is 0 Å². The lowest BCUT2D eigenvalue weighted by Gasteiger charge is -2.30. The molecule has 7 heteroatoms. The monoisotopic (exact) mass is 401 g/mol. The van der Waals surface area contributed by atoms with Crippen molar-refractivity contribution < 1.29 is 14.7 Å². The summed E-state index contributed by atoms with van der Waals surface area (Å²) in [6.45, 7) is 3.78. The van der Waals surface area contributed by atoms with E-state index in [2.05, 4.69) is 10.6 Å². The molecule has 3 amide bonds. The predicted octanol–water partition coefficient (Wildman–Crippen LogP) is 3.71. The standard InChI is InChI=1S/C21H24ClN3O3/c1-21(2,13-26)24-20(28)23-17-8-9-18-15(11-17)5-10-19(27)25(18)12-14-3-6-16(22)7-4-14/h3-4,6-9,11,26H,5,10,12-13H2,1-2H3,(H2,23,24,28). The van der Waals surface area contributed by atoms with E-state index in [0.29, 0.717) is 30.1 Å². The molecule has 0 saturated carbocycles. The van der Waals surface area contributed by atoms with E-state index in [1.165, 1.54) is 0 Å². The topological polar surface area (TPSA) is 81.7 Å². The van der Waals surface area contributed by atoms with E-state index in [4.69, 9.17) is 11.6 Å². The average molecular weight is 402 g/mol. The molecule has 1 aliphatic heterocycles. The highest BCUT2D eigenvalue weighted by Gasteiger charge is 2.25. The van der Waals surface area contributed by atoms with Gasteiger partial charge in [0.25, 0.3) is 0 Å². The number of nitrogens with zero attached hydrogens (tertiary/aromatic N) is 1. The van der Waals surface area contributed by atoms with Crippen LogP contribution in [0.25, 0.3) is 0 Å². The Kier molecular flexibility index (Phi) is 5.91. The van der Waals surface area contributed by atoms with Crippen LogP contribution in [0.15, 0.2) is 42.5 Å². The number of hydrogen-bond donors (Lipinski definition) is 3. The molecule has 0 unspecified atom stereocenters. The van der Waals surface area contributed by atoms with E-state index in [0.717, 1.165) is 16.8 Å². The summed E-state index contributed by atoms with van der Waals surface area (Å²) in [6, 6.07) is 12.6. The van der Waals surface area contributed by atoms with E-state index in [9.17, 15) is 14.7 Å². The van der Waals surface area contributed by atoms with Gasteiger partial charge < -0.3 is 20.6 Å². The quantitative estimate of drug-likeness (QED) is 0.714. The van der Waals surface area contributed by atoms with Crippen LogP contribution in [0, 0.1) is 0 Å². The van der Waals surface area contributed by atoms with Crippen LogP contribution in [0.1, 0.15) is 31.4 Å². The number of aryl methyl sites for hydroxylation is 1. The van der Waals surface area contributed by atoms with Gasteiger partial charge in [0.1, 0.15) is 0 Å². The van der Waals surface area contributed by atoms with Crippen molar-refractivity contribution in [2.75, 3.05) is 16.8 Å². The number of amides is 3. The Bertz CT molecular complexity index is 881. The zero-order valence-corrected chi connectivity index (χ0v) is 16.7. The van der Waals surface area contributed by atoms with Crippen LogP contribution in [-0.4, -0.2) is 29.2 Å². The van der Waals surface area contributed by atoms with Gasteiger partial charge in [-0.05, 0) is 61.7 Å². The van der Waals surface area contributed by atoms with Gasteiger partial charge in [0.05, 0.1) is 18.7 Å². The third-order valence-electron chi connectivity index (χ3n) is 4.64. The highest BCUT2D eigenvalue weighted by Crippen LogP contribution is 2.31. The third-order valence-corrected chi connectivity index (χ3v) is 4.89. The molecule has 3 rings (SSSR count). The van der Waals surface area contributed by atoms with Crippen molar-refractivity contribution in [2.45, 2.75) is 38.8 Å². The normalized spacial score (nSPS) is 13.9. The lowest BCUT2D eigenvalue weighted by atomic mass is 9.99. The number of carbonyl (C=O) groups excluding carboxylic acids is 2. The summed E-state index contributed by atoms with van der Waals surface area (Å²) in [5.41, 5.74) is 2.80. The molecule has 1 aliphatic rings. The van der Waals surface area contributed by atoms with E-state index < -0.39 is 5.54 Å². The molecule has 0 aliphatic carbocycles. The van der Waals surface area contributed by atoms with Gasteiger partial charge in [-0.25, -0.2) is 4.79 Å². The van der Waals surface area contributed by atoms with E-state index >= 15 is 0 Å². The Hall–Kier alpha value is -2.57. The van der Waals surface area contributed by atoms with Crippen LogP contribution >= 0.6 is 11.6 Å². The van der Waals surface area contributed by atoms with E-state index in [-0.39, 0.29) is 18.5 Å². The number of urea groups is 1. The summed E-state index contributed by atoms with van der Waals surface area (Å²) in [5, 5.41) is 15.4. The molecule has 0 saturated heterocycles. The molecule has 148 valence electrons. The van der Waals surface area contributed by atoms with Gasteiger partial charge in [0.2, 0.25) is 5.91 Å². The second-order valence-corrected chi connectivity index (χ2v) is 8.01. The molecule has 0 bridgehead atoms. The fourth-order valence-corrected chi connectivity index (χ4v) is 3.22. The Balaban J connectivity index is 1.76. The molecular formula is C21H24ClN3O3. The fraction of sp³-hybridized carbons (Fsp3) is 0.333. The third kappa shape index (κ3) is 4.82. The summed E-state index contributed by atoms with van der Waals surface area (Å²) in [4.78, 5) is 26.4. The molecule has 0 aromatic heterocycles. The minimum Gasteiger partial charge on any atom is -0.394 e. The average Bonchev–Trinajstić information content (AvgIpc) is 2.65. The molecule has 2 aromatic rings. The number of aliphatic hydroxyl groups is 1. The minimum absolute atomic E-state index is 0.0746. The number of fused-ring (bicyclic) bond motifs is 1. The largest absolute Gasteiger partial charge is 0.394 e. The summed E-state index contributed by atoms with van der Waals surface area (Å²) >= 11 is 5.94. The summed E-state index contributed by atoms with van der Waals surface area (Å²) < 4.78 is 0. The van der Waals surface area contributed by atoms with Crippen molar-refractivity contribution in [1.82, 2.24) is 5.32 Å². The van der Waals surface area contributed by atoms with E-state index in [1.807, 2.05) is 36.4 Å². The SMILES string of the molecule is CC(C)(CO)NC(=O)Nc1ccc2c(c1)CCC(=O)N2Cc1ccc(Cl)cc1. The van der Waals surface area contributed by atoms with Crippen molar-refractivity contribution in [1.29, 1.82) is 0 Å². The van der Waals surface area contributed by atoms with Crippen LogP contribution in [0.4, 0.5) is 16.2 Å². The maximum Gasteiger partial charge on any atom is 0.319 e. The first-order valence-electron chi connectivity index (χ1n) is 9.15. The molecular weight excluding hydrogens is 378 g/mol. The predicted molar refractivity (Wildman–Crippen MR) is 111 cm³/mol. The first kappa shape index (κ1) is 20.2. The number of nitrogens with one attached hydrogen (secondary N) is 2. The number of carbonyl (C=O) groups is 2. The van der Waals surface area contributed by atoms with Crippen LogP contribution in [0.5, 0.6) is 0 Å². The zero-order chi connectivity index (χ0) is 20.3. The molecule has 0 fully saturated rings. The first-order valence-corrected chi connectivity index (χ1v) is 9.53. The number of hydrogen-bond acceptors (Lipinski definition) is 3. The summed E-state index contributed by atoms with van der Waals surface area (Å²) in [6.07, 6.45) is 1.05. The number of aliphatic hydroxyl groups excluding tert-OH is 1. The number of anilines is 2. The van der Waals surface area contributed by atoms with Crippen LogP contribution in [-0.2, 0) is 17.8 Å². The molecule has 28 heavy (non-hydrogen) atoms. The summed E-state index contributed by atoms with van der Waals surface area (Å²) in [7, 11) is 0. The van der Waals surface area contributed by atoms with Gasteiger partial charge in [0, 0.05) is 22.8 Å². The number of rotatable bonds is 5. The smallest absolute Gasteiger partial charge is 0.319 e. The molecule has 0 radical (unpaired) electrons. The van der Waals surface area contributed by atoms with Crippen molar-refractivity contribution in [2.24, 2.45) is 0 Å². The van der Waals surface area contributed by atoms with Gasteiger partial charge >= 0.3 is 6.03 Å². The Morgan fingerprint density at radius 3 is 2.57 bits per heavy atom. The van der Waals surface area contributed by atoms with E-state index in [1.54, 1.807) is 24.8 Å². The first-order chi connectivity index (χ1) is 13.3. The van der Waals surface area contributed by atoms with Crippen molar-refractivity contribution in [3.05, 3.63) is 58.6 Å². The Labute approximate surface area is 169 Å². The van der Waals surface area contributed by atoms with Crippen LogP contribution < -0.4 is 15.5 Å². The second-order valence-electron chi connectivity index (χ2n) is 7.57. The number of halogens is 1. The van der Waals surface area contributed by atoms with Crippen LogP contribution in [0.2, 0.25) is 5.02 Å². The van der Waals surface area contributed by atoms with Crippen molar-refractivity contribution >= 4 is 34.9 Å². The lowest BCUT2D eigenvalue weighted by molar-refractivity contribution is -0.119.